The molecule has 116 valence electrons. The molecule has 0 aliphatic carbocycles. The smallest absolute Gasteiger partial charge is 0.252 e. The number of carbonyl (C=O) groups excluding carboxylic acids is 1. The topological polar surface area (TPSA) is 104 Å². The summed E-state index contributed by atoms with van der Waals surface area (Å²) in [5.41, 5.74) is 13.0. The van der Waals surface area contributed by atoms with Crippen LogP contribution >= 0.6 is 0 Å². The van der Waals surface area contributed by atoms with E-state index in [4.69, 9.17) is 16.2 Å². The fourth-order valence-corrected chi connectivity index (χ4v) is 2.20. The highest BCUT2D eigenvalue weighted by atomic mass is 16.5. The maximum atomic E-state index is 11.8. The molecule has 4 N–H and O–H groups in total. The molecule has 0 radical (unpaired) electrons. The predicted molar refractivity (Wildman–Crippen MR) is 85.5 cm³/mol. The molecule has 0 fully saturated rings. The number of para-hydroxylation sites is 1. The molecule has 0 saturated carbocycles. The van der Waals surface area contributed by atoms with Gasteiger partial charge in [-0.3, -0.25) is 4.79 Å². The van der Waals surface area contributed by atoms with Crippen molar-refractivity contribution in [3.63, 3.8) is 0 Å². The number of rotatable bonds is 6. The van der Waals surface area contributed by atoms with Gasteiger partial charge in [-0.05, 0) is 25.5 Å². The number of nitrogens with zero attached hydrogens (tertiary/aromatic N) is 2. The predicted octanol–water partition coefficient (Wildman–Crippen LogP) is 2.31. The van der Waals surface area contributed by atoms with Crippen LogP contribution in [0.4, 0.5) is 5.95 Å². The Kier molecular flexibility index (Phi) is 4.93. The summed E-state index contributed by atoms with van der Waals surface area (Å²) in [5, 5.41) is 0. The van der Waals surface area contributed by atoms with Crippen LogP contribution in [-0.2, 0) is 0 Å². The van der Waals surface area contributed by atoms with Gasteiger partial charge in [0.15, 0.2) is 0 Å². The van der Waals surface area contributed by atoms with E-state index in [0.29, 0.717) is 29.3 Å². The first-order chi connectivity index (χ1) is 10.5. The van der Waals surface area contributed by atoms with E-state index in [2.05, 4.69) is 16.9 Å². The highest BCUT2D eigenvalue weighted by Gasteiger charge is 2.19. The maximum absolute atomic E-state index is 11.8. The van der Waals surface area contributed by atoms with Crippen LogP contribution in [0.2, 0.25) is 0 Å². The first-order valence-corrected chi connectivity index (χ1v) is 7.20. The molecule has 1 heterocycles. The van der Waals surface area contributed by atoms with Crippen molar-refractivity contribution in [2.24, 2.45) is 5.73 Å². The molecule has 0 aliphatic heterocycles. The van der Waals surface area contributed by atoms with Crippen LogP contribution in [0, 0.1) is 6.92 Å². The quantitative estimate of drug-likeness (QED) is 0.797. The molecule has 0 aliphatic rings. The highest BCUT2D eigenvalue weighted by Crippen LogP contribution is 2.32. The van der Waals surface area contributed by atoms with Crippen molar-refractivity contribution >= 4 is 11.9 Å². The lowest BCUT2D eigenvalue weighted by Crippen LogP contribution is -2.17. The number of unbranched alkanes of at least 4 members (excludes halogenated alkanes) is 1. The molecule has 22 heavy (non-hydrogen) atoms. The van der Waals surface area contributed by atoms with Gasteiger partial charge in [0.1, 0.15) is 5.75 Å². The zero-order valence-corrected chi connectivity index (χ0v) is 12.8. The molecule has 0 bridgehead atoms. The van der Waals surface area contributed by atoms with Crippen LogP contribution < -0.4 is 16.2 Å². The molecule has 0 unspecified atom stereocenters. The van der Waals surface area contributed by atoms with E-state index in [1.54, 1.807) is 6.92 Å². The minimum atomic E-state index is -0.587. The molecular weight excluding hydrogens is 280 g/mol. The van der Waals surface area contributed by atoms with E-state index < -0.39 is 5.91 Å². The van der Waals surface area contributed by atoms with Crippen molar-refractivity contribution in [2.75, 3.05) is 12.3 Å². The average molecular weight is 300 g/mol. The van der Waals surface area contributed by atoms with Gasteiger partial charge < -0.3 is 16.2 Å². The van der Waals surface area contributed by atoms with Crippen molar-refractivity contribution < 1.29 is 9.53 Å². The Balaban J connectivity index is 2.54. The van der Waals surface area contributed by atoms with E-state index in [9.17, 15) is 4.79 Å². The van der Waals surface area contributed by atoms with Gasteiger partial charge in [-0.1, -0.05) is 25.5 Å². The third-order valence-corrected chi connectivity index (χ3v) is 3.25. The monoisotopic (exact) mass is 300 g/mol. The summed E-state index contributed by atoms with van der Waals surface area (Å²) in [6, 6.07) is 7.38. The molecule has 6 nitrogen and oxygen atoms in total. The number of anilines is 1. The molecule has 1 amide bonds. The van der Waals surface area contributed by atoms with Crippen molar-refractivity contribution in [1.82, 2.24) is 9.97 Å². The van der Waals surface area contributed by atoms with Crippen LogP contribution in [0.15, 0.2) is 24.3 Å². The number of primary amides is 1. The molecule has 6 heteroatoms. The molecule has 0 spiro atoms. The Labute approximate surface area is 129 Å². The average Bonchev–Trinajstić information content (AvgIpc) is 2.46. The summed E-state index contributed by atoms with van der Waals surface area (Å²) in [6.07, 6.45) is 1.98. The molecule has 2 aromatic rings. The zero-order chi connectivity index (χ0) is 16.1. The normalized spacial score (nSPS) is 10.5. The number of nitrogen functional groups attached to an aromatic ring is 1. The molecule has 0 atom stereocenters. The van der Waals surface area contributed by atoms with E-state index in [0.717, 1.165) is 12.8 Å². The number of ether oxygens (including phenoxy) is 1. The Morgan fingerprint density at radius 1 is 1.27 bits per heavy atom. The van der Waals surface area contributed by atoms with Crippen LogP contribution in [0.5, 0.6) is 5.75 Å². The molecule has 1 aromatic heterocycles. The second kappa shape index (κ2) is 6.89. The Hall–Kier alpha value is -2.63. The number of aromatic nitrogens is 2. The van der Waals surface area contributed by atoms with Crippen LogP contribution in [-0.4, -0.2) is 22.5 Å². The maximum Gasteiger partial charge on any atom is 0.252 e. The Bertz CT molecular complexity index is 686. The summed E-state index contributed by atoms with van der Waals surface area (Å²) in [5.74, 6) is 0.160. The van der Waals surface area contributed by atoms with Crippen molar-refractivity contribution in [2.45, 2.75) is 26.7 Å². The van der Waals surface area contributed by atoms with Gasteiger partial charge in [-0.25, -0.2) is 9.97 Å². The number of amides is 1. The third-order valence-electron chi connectivity index (χ3n) is 3.25. The first-order valence-electron chi connectivity index (χ1n) is 7.20. The number of benzene rings is 1. The fraction of sp³-hybridized carbons (Fsp3) is 0.312. The first kappa shape index (κ1) is 15.8. The van der Waals surface area contributed by atoms with E-state index in [1.807, 2.05) is 24.3 Å². The van der Waals surface area contributed by atoms with Crippen LogP contribution in [0.1, 0.15) is 35.8 Å². The number of hydrogen-bond acceptors (Lipinski definition) is 5. The lowest BCUT2D eigenvalue weighted by molar-refractivity contribution is 0.0999. The Morgan fingerprint density at radius 3 is 2.68 bits per heavy atom. The summed E-state index contributed by atoms with van der Waals surface area (Å²) in [4.78, 5) is 20.0. The second-order valence-electron chi connectivity index (χ2n) is 4.95. The fourth-order valence-electron chi connectivity index (χ4n) is 2.20. The minimum absolute atomic E-state index is 0.0980. The number of hydrogen-bond donors (Lipinski definition) is 2. The Morgan fingerprint density at radius 2 is 2.00 bits per heavy atom. The summed E-state index contributed by atoms with van der Waals surface area (Å²) in [7, 11) is 0. The van der Waals surface area contributed by atoms with Crippen molar-refractivity contribution in [1.29, 1.82) is 0 Å². The summed E-state index contributed by atoms with van der Waals surface area (Å²) >= 11 is 0. The van der Waals surface area contributed by atoms with E-state index in [1.165, 1.54) is 0 Å². The van der Waals surface area contributed by atoms with Gasteiger partial charge in [0.25, 0.3) is 5.91 Å². The van der Waals surface area contributed by atoms with Crippen molar-refractivity contribution in [3.8, 4) is 17.0 Å². The van der Waals surface area contributed by atoms with Gasteiger partial charge in [-0.2, -0.15) is 0 Å². The zero-order valence-electron chi connectivity index (χ0n) is 12.8. The number of carbonyl (C=O) groups is 1. The third kappa shape index (κ3) is 3.33. The van der Waals surface area contributed by atoms with Gasteiger partial charge in [0.05, 0.1) is 23.6 Å². The number of aryl methyl sites for hydroxylation is 1. The number of nitrogens with two attached hydrogens (primary N) is 2. The molecular formula is C16H20N4O2. The standard InChI is InChI=1S/C16H20N4O2/c1-3-4-9-22-12-8-6-5-7-11(12)14-13(15(17)21)10(2)19-16(18)20-14/h5-8H,3-4,9H2,1-2H3,(H2,17,21)(H2,18,19,20). The molecule has 0 saturated heterocycles. The van der Waals surface area contributed by atoms with Crippen molar-refractivity contribution in [3.05, 3.63) is 35.5 Å². The van der Waals surface area contributed by atoms with Gasteiger partial charge >= 0.3 is 0 Å². The molecule has 1 aromatic carbocycles. The van der Waals surface area contributed by atoms with Gasteiger partial charge in [0.2, 0.25) is 5.95 Å². The minimum Gasteiger partial charge on any atom is -0.493 e. The lowest BCUT2D eigenvalue weighted by atomic mass is 10.0. The second-order valence-corrected chi connectivity index (χ2v) is 4.95. The lowest BCUT2D eigenvalue weighted by Gasteiger charge is -2.14. The van der Waals surface area contributed by atoms with Gasteiger partial charge in [-0.15, -0.1) is 0 Å². The molecule has 2 rings (SSSR count). The highest BCUT2D eigenvalue weighted by molar-refractivity contribution is 6.00. The van der Waals surface area contributed by atoms with Gasteiger partial charge in [0, 0.05) is 5.56 Å². The van der Waals surface area contributed by atoms with Crippen LogP contribution in [0.25, 0.3) is 11.3 Å². The van der Waals surface area contributed by atoms with E-state index >= 15 is 0 Å². The largest absolute Gasteiger partial charge is 0.493 e. The summed E-state index contributed by atoms with van der Waals surface area (Å²) < 4.78 is 5.79. The summed E-state index contributed by atoms with van der Waals surface area (Å²) in [6.45, 7) is 4.37. The van der Waals surface area contributed by atoms with Crippen LogP contribution in [0.3, 0.4) is 0 Å². The SMILES string of the molecule is CCCCOc1ccccc1-c1nc(N)nc(C)c1C(N)=O. The van der Waals surface area contributed by atoms with E-state index in [-0.39, 0.29) is 11.5 Å².